The second-order valence-electron chi connectivity index (χ2n) is 5.16. The lowest BCUT2D eigenvalue weighted by atomic mass is 10.1. The molecule has 1 heterocycles. The highest BCUT2D eigenvalue weighted by Gasteiger charge is 2.35. The van der Waals surface area contributed by atoms with Gasteiger partial charge < -0.3 is 10.2 Å². The third-order valence-corrected chi connectivity index (χ3v) is 4.57. The Morgan fingerprint density at radius 3 is 2.75 bits per heavy atom. The number of halogens is 2. The minimum atomic E-state index is -0.299. The van der Waals surface area contributed by atoms with Crippen LogP contribution in [0.3, 0.4) is 0 Å². The monoisotopic (exact) mass is 358 g/mol. The second kappa shape index (κ2) is 6.14. The number of benzene rings is 1. The maximum atomic E-state index is 12.2. The van der Waals surface area contributed by atoms with Crippen LogP contribution >= 0.6 is 27.5 Å². The Labute approximate surface area is 131 Å². The van der Waals surface area contributed by atoms with E-state index in [1.165, 1.54) is 0 Å². The summed E-state index contributed by atoms with van der Waals surface area (Å²) in [4.78, 5) is 25.7. The fourth-order valence-electron chi connectivity index (χ4n) is 2.22. The van der Waals surface area contributed by atoms with Crippen LogP contribution in [-0.2, 0) is 9.59 Å². The normalized spacial score (nSPS) is 18.8. The zero-order valence-electron chi connectivity index (χ0n) is 11.3. The molecule has 1 fully saturated rings. The number of hydrogen-bond donors (Lipinski definition) is 1. The van der Waals surface area contributed by atoms with Crippen molar-refractivity contribution in [1.82, 2.24) is 4.90 Å². The van der Waals surface area contributed by atoms with Gasteiger partial charge in [0.15, 0.2) is 0 Å². The van der Waals surface area contributed by atoms with Crippen molar-refractivity contribution in [3.63, 3.8) is 0 Å². The first-order chi connectivity index (χ1) is 9.38. The molecule has 2 rings (SSSR count). The third-order valence-electron chi connectivity index (χ3n) is 3.34. The van der Waals surface area contributed by atoms with Crippen molar-refractivity contribution < 1.29 is 9.59 Å². The van der Waals surface area contributed by atoms with Crippen LogP contribution in [0.1, 0.15) is 20.3 Å². The van der Waals surface area contributed by atoms with Crippen LogP contribution in [0.15, 0.2) is 22.7 Å². The molecule has 0 aliphatic carbocycles. The number of likely N-dealkylation sites (tertiary alicyclic amines) is 1. The molecular formula is C14H16BrClN2O2. The van der Waals surface area contributed by atoms with Crippen LogP contribution < -0.4 is 5.32 Å². The largest absolute Gasteiger partial charge is 0.339 e. The molecule has 20 heavy (non-hydrogen) atoms. The molecule has 0 spiro atoms. The van der Waals surface area contributed by atoms with Crippen LogP contribution in [0, 0.1) is 5.92 Å². The van der Waals surface area contributed by atoms with Gasteiger partial charge in [-0.3, -0.25) is 9.59 Å². The van der Waals surface area contributed by atoms with E-state index in [4.69, 9.17) is 11.6 Å². The van der Waals surface area contributed by atoms with E-state index in [2.05, 4.69) is 21.2 Å². The Kier molecular flexibility index (Phi) is 4.70. The van der Waals surface area contributed by atoms with E-state index in [9.17, 15) is 9.59 Å². The van der Waals surface area contributed by atoms with Gasteiger partial charge in [-0.05, 0) is 48.0 Å². The summed E-state index contributed by atoms with van der Waals surface area (Å²) in [5.41, 5.74) is 0.638. The maximum absolute atomic E-state index is 12.2. The maximum Gasteiger partial charge on any atom is 0.229 e. The molecule has 1 aromatic rings. The van der Waals surface area contributed by atoms with Gasteiger partial charge >= 0.3 is 0 Å². The molecule has 1 saturated heterocycles. The van der Waals surface area contributed by atoms with Gasteiger partial charge in [-0.25, -0.2) is 0 Å². The van der Waals surface area contributed by atoms with Crippen LogP contribution in [0.25, 0.3) is 0 Å². The molecule has 0 unspecified atom stereocenters. The van der Waals surface area contributed by atoms with Crippen LogP contribution in [0.4, 0.5) is 5.69 Å². The molecule has 0 saturated carbocycles. The molecule has 0 radical (unpaired) electrons. The fourth-order valence-corrected chi connectivity index (χ4v) is 2.65. The number of carbonyl (C=O) groups excluding carboxylic acids is 2. The van der Waals surface area contributed by atoms with Gasteiger partial charge in [0.25, 0.3) is 0 Å². The summed E-state index contributed by atoms with van der Waals surface area (Å²) in [6, 6.07) is 5.35. The Bertz CT molecular complexity index is 548. The number of rotatable bonds is 3. The summed E-state index contributed by atoms with van der Waals surface area (Å²) in [5.74, 6) is -0.402. The van der Waals surface area contributed by atoms with Crippen molar-refractivity contribution in [3.8, 4) is 0 Å². The summed E-state index contributed by atoms with van der Waals surface area (Å²) in [6.45, 7) is 4.38. The van der Waals surface area contributed by atoms with E-state index in [0.717, 1.165) is 4.47 Å². The summed E-state index contributed by atoms with van der Waals surface area (Å²) >= 11 is 9.28. The molecule has 0 bridgehead atoms. The smallest absolute Gasteiger partial charge is 0.229 e. The second-order valence-corrected chi connectivity index (χ2v) is 6.42. The number of amides is 2. The van der Waals surface area contributed by atoms with Gasteiger partial charge in [0.2, 0.25) is 11.8 Å². The number of nitrogens with one attached hydrogen (secondary N) is 1. The lowest BCUT2D eigenvalue weighted by molar-refractivity contribution is -0.129. The van der Waals surface area contributed by atoms with E-state index < -0.39 is 0 Å². The molecule has 108 valence electrons. The SMILES string of the molecule is CC(C)N1C[C@H](C(=O)Nc2ccc(Br)c(Cl)c2)CC1=O. The van der Waals surface area contributed by atoms with Gasteiger partial charge in [-0.1, -0.05) is 11.6 Å². The molecule has 0 aromatic heterocycles. The average molecular weight is 360 g/mol. The summed E-state index contributed by atoms with van der Waals surface area (Å²) in [5, 5.41) is 3.35. The molecule has 1 N–H and O–H groups in total. The predicted molar refractivity (Wildman–Crippen MR) is 82.7 cm³/mol. The Balaban J connectivity index is 2.02. The zero-order chi connectivity index (χ0) is 14.9. The molecule has 2 amide bonds. The molecule has 1 aliphatic heterocycles. The number of hydrogen-bond acceptors (Lipinski definition) is 2. The van der Waals surface area contributed by atoms with Crippen molar-refractivity contribution in [2.45, 2.75) is 26.3 Å². The summed E-state index contributed by atoms with van der Waals surface area (Å²) in [7, 11) is 0. The lowest BCUT2D eigenvalue weighted by Gasteiger charge is -2.20. The molecule has 1 atom stereocenters. The standard InChI is InChI=1S/C14H16BrClN2O2/c1-8(2)18-7-9(5-13(18)19)14(20)17-10-3-4-11(15)12(16)6-10/h3-4,6,8-9H,5,7H2,1-2H3,(H,17,20)/t9-/m1/s1. The lowest BCUT2D eigenvalue weighted by Crippen LogP contribution is -2.33. The number of carbonyl (C=O) groups is 2. The van der Waals surface area contributed by atoms with Crippen molar-refractivity contribution in [2.75, 3.05) is 11.9 Å². The first kappa shape index (κ1) is 15.3. The Morgan fingerprint density at radius 2 is 2.20 bits per heavy atom. The summed E-state index contributed by atoms with van der Waals surface area (Å²) < 4.78 is 0.777. The van der Waals surface area contributed by atoms with E-state index >= 15 is 0 Å². The third kappa shape index (κ3) is 3.33. The van der Waals surface area contributed by atoms with Crippen LogP contribution in [-0.4, -0.2) is 29.3 Å². The zero-order valence-corrected chi connectivity index (χ0v) is 13.7. The predicted octanol–water partition coefficient (Wildman–Crippen LogP) is 3.30. The highest BCUT2D eigenvalue weighted by molar-refractivity contribution is 9.10. The summed E-state index contributed by atoms with van der Waals surface area (Å²) in [6.07, 6.45) is 0.272. The van der Waals surface area contributed by atoms with Crippen molar-refractivity contribution in [3.05, 3.63) is 27.7 Å². The quantitative estimate of drug-likeness (QED) is 0.900. The minimum absolute atomic E-state index is 0.0361. The van der Waals surface area contributed by atoms with E-state index in [-0.39, 0.29) is 30.2 Å². The highest BCUT2D eigenvalue weighted by Crippen LogP contribution is 2.27. The number of nitrogens with zero attached hydrogens (tertiary/aromatic N) is 1. The van der Waals surface area contributed by atoms with Gasteiger partial charge in [-0.2, -0.15) is 0 Å². The first-order valence-electron chi connectivity index (χ1n) is 6.44. The topological polar surface area (TPSA) is 49.4 Å². The highest BCUT2D eigenvalue weighted by atomic mass is 79.9. The van der Waals surface area contributed by atoms with Crippen LogP contribution in [0.5, 0.6) is 0 Å². The molecule has 6 heteroatoms. The fraction of sp³-hybridized carbons (Fsp3) is 0.429. The first-order valence-corrected chi connectivity index (χ1v) is 7.61. The van der Waals surface area contributed by atoms with E-state index in [0.29, 0.717) is 17.3 Å². The van der Waals surface area contributed by atoms with Gasteiger partial charge in [-0.15, -0.1) is 0 Å². The van der Waals surface area contributed by atoms with Crippen LogP contribution in [0.2, 0.25) is 5.02 Å². The minimum Gasteiger partial charge on any atom is -0.339 e. The average Bonchev–Trinajstić information content (AvgIpc) is 2.76. The molecule has 4 nitrogen and oxygen atoms in total. The van der Waals surface area contributed by atoms with Gasteiger partial charge in [0, 0.05) is 29.2 Å². The van der Waals surface area contributed by atoms with Crippen molar-refractivity contribution >= 4 is 45.0 Å². The Morgan fingerprint density at radius 1 is 1.50 bits per heavy atom. The van der Waals surface area contributed by atoms with Gasteiger partial charge in [0.05, 0.1) is 10.9 Å². The van der Waals surface area contributed by atoms with E-state index in [1.807, 2.05) is 13.8 Å². The molecular weight excluding hydrogens is 344 g/mol. The molecule has 1 aliphatic rings. The van der Waals surface area contributed by atoms with Gasteiger partial charge in [0.1, 0.15) is 0 Å². The van der Waals surface area contributed by atoms with Crippen molar-refractivity contribution in [1.29, 1.82) is 0 Å². The molecule has 1 aromatic carbocycles. The number of anilines is 1. The van der Waals surface area contributed by atoms with Crippen molar-refractivity contribution in [2.24, 2.45) is 5.92 Å². The Hall–Kier alpha value is -1.07. The van der Waals surface area contributed by atoms with E-state index in [1.54, 1.807) is 23.1 Å².